The number of fused-ring (bicyclic) bond motifs is 3. The van der Waals surface area contributed by atoms with E-state index in [0.29, 0.717) is 102 Å². The van der Waals surface area contributed by atoms with Gasteiger partial charge < -0.3 is 48.3 Å². The van der Waals surface area contributed by atoms with Gasteiger partial charge in [-0.05, 0) is 124 Å². The molecule has 3 N–H and O–H groups in total. The highest BCUT2D eigenvalue weighted by Crippen LogP contribution is 2.38. The summed E-state index contributed by atoms with van der Waals surface area (Å²) in [6.45, 7) is 15.1. The molecule has 0 radical (unpaired) electrons. The fraction of sp³-hybridized carbons (Fsp3) is 0.759. The van der Waals surface area contributed by atoms with Crippen molar-refractivity contribution in [2.24, 2.45) is 41.4 Å². The molecule has 5 aliphatic rings. The molecule has 1 aromatic heterocycles. The van der Waals surface area contributed by atoms with Crippen molar-refractivity contribution in [2.45, 2.75) is 193 Å². The predicted octanol–water partition coefficient (Wildman–Crippen LogP) is 6.37. The average molecular weight is 1080 g/mol. The van der Waals surface area contributed by atoms with Gasteiger partial charge in [0.25, 0.3) is 11.7 Å². The second-order valence-corrected chi connectivity index (χ2v) is 22.9. The molecule has 430 valence electrons. The van der Waals surface area contributed by atoms with E-state index in [1.54, 1.807) is 34.0 Å². The van der Waals surface area contributed by atoms with Crippen molar-refractivity contribution >= 4 is 29.2 Å². The van der Waals surface area contributed by atoms with Gasteiger partial charge in [0.15, 0.2) is 11.6 Å². The number of hydrogen-bond donors (Lipinski definition) is 3. The van der Waals surface area contributed by atoms with Crippen molar-refractivity contribution in [1.82, 2.24) is 25.5 Å². The lowest BCUT2D eigenvalue weighted by molar-refractivity contribution is -0.266. The Morgan fingerprint density at radius 3 is 2.35 bits per heavy atom. The maximum atomic E-state index is 14.7. The normalized spacial score (nSPS) is 37.1. The van der Waals surface area contributed by atoms with Crippen LogP contribution in [0.1, 0.15) is 138 Å². The van der Waals surface area contributed by atoms with Crippen molar-refractivity contribution in [1.29, 1.82) is 0 Å². The van der Waals surface area contributed by atoms with Crippen LogP contribution in [0.4, 0.5) is 0 Å². The van der Waals surface area contributed by atoms with Crippen molar-refractivity contribution < 1.29 is 67.3 Å². The average Bonchev–Trinajstić information content (AvgIpc) is 3.93. The Kier molecular flexibility index (Phi) is 23.9. The Labute approximate surface area is 455 Å². The molecule has 4 aliphatic heterocycles. The van der Waals surface area contributed by atoms with E-state index in [1.807, 2.05) is 58.1 Å². The molecule has 1 saturated carbocycles. The molecule has 1 amide bonds. The number of aliphatic hydroxyl groups is 2. The van der Waals surface area contributed by atoms with E-state index in [-0.39, 0.29) is 60.9 Å². The number of hydrogen-bond acceptors (Lipinski definition) is 17. The third-order valence-electron chi connectivity index (χ3n) is 16.8. The van der Waals surface area contributed by atoms with Gasteiger partial charge in [0, 0.05) is 70.3 Å². The molecule has 4 fully saturated rings. The molecular formula is C58H89N5O14. The van der Waals surface area contributed by atoms with Gasteiger partial charge in [0.1, 0.15) is 30.1 Å². The summed E-state index contributed by atoms with van der Waals surface area (Å²) in [6.07, 6.45) is 13.5. The fourth-order valence-electron chi connectivity index (χ4n) is 11.6. The molecular weight excluding hydrogens is 991 g/mol. The number of aromatic amines is 1. The molecule has 15 unspecified atom stereocenters. The first-order valence-electron chi connectivity index (χ1n) is 28.3. The number of allylic oxidation sites excluding steroid dienone is 6. The summed E-state index contributed by atoms with van der Waals surface area (Å²) in [5.41, 5.74) is 1.29. The number of tetrazole rings is 1. The summed E-state index contributed by atoms with van der Waals surface area (Å²) in [5.74, 6) is -6.99. The monoisotopic (exact) mass is 1080 g/mol. The number of H-pyrrole nitrogens is 1. The maximum Gasteiger partial charge on any atom is 0.329 e. The number of methoxy groups -OCH3 is 2. The van der Waals surface area contributed by atoms with Crippen LogP contribution in [0, 0.1) is 41.4 Å². The first-order valence-corrected chi connectivity index (χ1v) is 28.3. The zero-order chi connectivity index (χ0) is 55.8. The summed E-state index contributed by atoms with van der Waals surface area (Å²) in [5, 5.41) is 37.7. The SMILES string of the molecule is COC1CC(CC(C)C2CC(=O)C(C)/C=C(\C)C(O)C(OC)C(=O)C(C)CC(C)/C=C/C=C/C=C(\C)C(OCCC3COC3)CC3CCC(C)C(O)(O3)C(=O)C(=O)N3CCCCC3C(=O)O2)CCC1OCCc1nnn[nH]1. The Hall–Kier alpha value is -4.34. The fourth-order valence-corrected chi connectivity index (χ4v) is 11.6. The largest absolute Gasteiger partial charge is 0.460 e. The van der Waals surface area contributed by atoms with Crippen molar-refractivity contribution in [3.63, 3.8) is 0 Å². The Morgan fingerprint density at radius 1 is 0.870 bits per heavy atom. The minimum atomic E-state index is -2.46. The smallest absolute Gasteiger partial charge is 0.329 e. The van der Waals surface area contributed by atoms with Gasteiger partial charge in [-0.2, -0.15) is 0 Å². The van der Waals surface area contributed by atoms with E-state index in [2.05, 4.69) is 20.6 Å². The van der Waals surface area contributed by atoms with Gasteiger partial charge >= 0.3 is 5.97 Å². The third-order valence-corrected chi connectivity index (χ3v) is 16.8. The van der Waals surface area contributed by atoms with Gasteiger partial charge in [-0.15, -0.1) is 5.10 Å². The summed E-state index contributed by atoms with van der Waals surface area (Å²) >= 11 is 0. The number of cyclic esters (lactones) is 1. The van der Waals surface area contributed by atoms with E-state index in [4.69, 9.17) is 33.2 Å². The van der Waals surface area contributed by atoms with Crippen LogP contribution < -0.4 is 0 Å². The number of Topliss-reactive ketones (excluding diaryl/α,β-unsaturated/α-hetero) is 3. The van der Waals surface area contributed by atoms with Crippen LogP contribution in [-0.4, -0.2) is 167 Å². The number of aromatic nitrogens is 4. The quantitative estimate of drug-likeness (QED) is 0.110. The summed E-state index contributed by atoms with van der Waals surface area (Å²) in [7, 11) is 3.05. The van der Waals surface area contributed by atoms with E-state index >= 15 is 0 Å². The lowest BCUT2D eigenvalue weighted by atomic mass is 9.78. The van der Waals surface area contributed by atoms with Crippen molar-refractivity contribution in [3.8, 4) is 0 Å². The Bertz CT molecular complexity index is 2210. The van der Waals surface area contributed by atoms with Gasteiger partial charge in [0.05, 0.1) is 44.2 Å². The lowest BCUT2D eigenvalue weighted by Crippen LogP contribution is -2.61. The number of ketones is 3. The van der Waals surface area contributed by atoms with Gasteiger partial charge in [0.2, 0.25) is 5.79 Å². The number of carbonyl (C=O) groups excluding carboxylic acids is 5. The third kappa shape index (κ3) is 17.1. The highest BCUT2D eigenvalue weighted by molar-refractivity contribution is 6.39. The topological polar surface area (TPSA) is 248 Å². The molecule has 15 atom stereocenters. The van der Waals surface area contributed by atoms with E-state index < -0.39 is 77.8 Å². The minimum absolute atomic E-state index is 0.00421. The number of carbonyl (C=O) groups is 5. The molecule has 5 heterocycles. The number of esters is 1. The molecule has 6 rings (SSSR count). The summed E-state index contributed by atoms with van der Waals surface area (Å²) < 4.78 is 42.4. The highest BCUT2D eigenvalue weighted by atomic mass is 16.6. The molecule has 1 aromatic rings. The molecule has 1 aliphatic carbocycles. The van der Waals surface area contributed by atoms with Crippen LogP contribution in [0.25, 0.3) is 0 Å². The number of rotatable bonds is 13. The first-order chi connectivity index (χ1) is 36.8. The zero-order valence-corrected chi connectivity index (χ0v) is 47.1. The second-order valence-electron chi connectivity index (χ2n) is 22.9. The predicted molar refractivity (Wildman–Crippen MR) is 285 cm³/mol. The van der Waals surface area contributed by atoms with Crippen LogP contribution in [0.2, 0.25) is 0 Å². The highest BCUT2D eigenvalue weighted by Gasteiger charge is 2.53. The van der Waals surface area contributed by atoms with E-state index in [0.717, 1.165) is 24.8 Å². The molecule has 0 spiro atoms. The first kappa shape index (κ1) is 61.9. The van der Waals surface area contributed by atoms with E-state index in [9.17, 15) is 34.2 Å². The maximum absolute atomic E-state index is 14.7. The standard InChI is InChI=1S/C58H89N5O14/c1-35-15-11-10-12-16-36(2)48(75-25-22-43-33-73-34-43)31-44-20-18-41(7)58(70,77-44)55(67)56(68)63-24-14-13-17-45(63)57(69)76-49(32-46(64)37(3)28-40(6)53(66)54(72-9)52(65)39(5)27-35)38(4)29-42-19-21-47(50(30-42)71-8)74-26-23-51-59-61-62-60-51/h10-12,15-16,28,35,37-39,41-45,47-50,53-54,66,70H,13-14,17-27,29-34H2,1-9H3,(H,59,60,61,62)/b12-10+,15-11+,36-16+,40-28+. The number of ether oxygens (including phenoxy) is 7. The summed E-state index contributed by atoms with van der Waals surface area (Å²) in [6, 6.07) is -1.16. The van der Waals surface area contributed by atoms with Crippen LogP contribution in [0.3, 0.4) is 0 Å². The van der Waals surface area contributed by atoms with Crippen LogP contribution in [0.15, 0.2) is 47.6 Å². The van der Waals surface area contributed by atoms with Crippen LogP contribution in [-0.2, 0) is 63.6 Å². The lowest BCUT2D eigenvalue weighted by Gasteiger charge is -2.43. The van der Waals surface area contributed by atoms with Crippen LogP contribution in [0.5, 0.6) is 0 Å². The van der Waals surface area contributed by atoms with Gasteiger partial charge in [-0.25, -0.2) is 9.89 Å². The zero-order valence-electron chi connectivity index (χ0n) is 47.1. The summed E-state index contributed by atoms with van der Waals surface area (Å²) in [4.78, 5) is 73.2. The Morgan fingerprint density at radius 2 is 1.65 bits per heavy atom. The molecule has 19 nitrogen and oxygen atoms in total. The van der Waals surface area contributed by atoms with E-state index in [1.165, 1.54) is 12.0 Å². The van der Waals surface area contributed by atoms with Gasteiger partial charge in [-0.1, -0.05) is 71.1 Å². The van der Waals surface area contributed by atoms with Gasteiger partial charge in [-0.3, -0.25) is 19.2 Å². The second kappa shape index (κ2) is 29.8. The number of piperidine rings is 1. The number of nitrogens with one attached hydrogen (secondary N) is 1. The van der Waals surface area contributed by atoms with Crippen molar-refractivity contribution in [2.75, 3.05) is 47.2 Å². The molecule has 19 heteroatoms. The number of nitrogens with zero attached hydrogens (tertiary/aromatic N) is 4. The minimum Gasteiger partial charge on any atom is -0.460 e. The van der Waals surface area contributed by atoms with Crippen molar-refractivity contribution in [3.05, 3.63) is 53.4 Å². The molecule has 0 aromatic carbocycles. The molecule has 77 heavy (non-hydrogen) atoms. The van der Waals surface area contributed by atoms with Crippen LogP contribution >= 0.6 is 0 Å². The molecule has 2 bridgehead atoms. The Balaban J connectivity index is 1.27. The number of aliphatic hydroxyl groups excluding tert-OH is 1. The molecule has 3 saturated heterocycles. The number of amides is 1.